The van der Waals surface area contributed by atoms with E-state index < -0.39 is 41.9 Å². The minimum absolute atomic E-state index is 0.0532. The van der Waals surface area contributed by atoms with Crippen molar-refractivity contribution in [3.8, 4) is 5.75 Å². The Bertz CT molecular complexity index is 1590. The summed E-state index contributed by atoms with van der Waals surface area (Å²) in [6.07, 6.45) is 3.14. The minimum atomic E-state index is -1.23. The molecule has 0 fully saturated rings. The first-order valence-corrected chi connectivity index (χ1v) is 12.7. The lowest BCUT2D eigenvalue weighted by Crippen LogP contribution is -2.46. The zero-order chi connectivity index (χ0) is 28.9. The Labute approximate surface area is 235 Å². The van der Waals surface area contributed by atoms with E-state index in [9.17, 15) is 23.6 Å². The number of aromatic nitrogens is 1. The monoisotopic (exact) mass is 552 g/mol. The maximum absolute atomic E-state index is 14.0. The van der Waals surface area contributed by atoms with Gasteiger partial charge in [-0.2, -0.15) is 0 Å². The van der Waals surface area contributed by atoms with Crippen molar-refractivity contribution >= 4 is 34.9 Å². The number of rotatable bonds is 9. The molecule has 9 nitrogen and oxygen atoms in total. The van der Waals surface area contributed by atoms with Crippen LogP contribution in [0.25, 0.3) is 0 Å². The van der Waals surface area contributed by atoms with Crippen molar-refractivity contribution in [1.29, 1.82) is 0 Å². The van der Waals surface area contributed by atoms with Gasteiger partial charge in [-0.15, -0.1) is 0 Å². The summed E-state index contributed by atoms with van der Waals surface area (Å²) < 4.78 is 19.1. The first kappa shape index (κ1) is 27.2. The van der Waals surface area contributed by atoms with Gasteiger partial charge in [-0.1, -0.05) is 30.3 Å². The number of ketones is 1. The summed E-state index contributed by atoms with van der Waals surface area (Å²) in [5, 5.41) is 2.82. The second-order valence-corrected chi connectivity index (χ2v) is 9.29. The largest absolute Gasteiger partial charge is 0.497 e. The maximum Gasteiger partial charge on any atom is 0.299 e. The Balaban J connectivity index is 1.53. The molecule has 0 spiro atoms. The third-order valence-electron chi connectivity index (χ3n) is 6.67. The number of fused-ring (bicyclic) bond motifs is 1. The Kier molecular flexibility index (Phi) is 7.82. The van der Waals surface area contributed by atoms with Gasteiger partial charge in [0.15, 0.2) is 0 Å². The fourth-order valence-electron chi connectivity index (χ4n) is 4.65. The van der Waals surface area contributed by atoms with Crippen molar-refractivity contribution in [2.24, 2.45) is 0 Å². The number of amides is 3. The predicted molar refractivity (Wildman–Crippen MR) is 149 cm³/mol. The molecule has 206 valence electrons. The fraction of sp³-hybridized carbons (Fsp3) is 0.129. The number of nitrogens with one attached hydrogen (secondary N) is 1. The zero-order valence-corrected chi connectivity index (χ0v) is 22.0. The fourth-order valence-corrected chi connectivity index (χ4v) is 4.65. The second kappa shape index (κ2) is 11.8. The van der Waals surface area contributed by atoms with Crippen molar-refractivity contribution in [3.63, 3.8) is 0 Å². The van der Waals surface area contributed by atoms with Gasteiger partial charge in [0, 0.05) is 24.6 Å². The number of carbonyl (C=O) groups is 4. The van der Waals surface area contributed by atoms with Gasteiger partial charge in [0.2, 0.25) is 5.91 Å². The van der Waals surface area contributed by atoms with Crippen molar-refractivity contribution in [3.05, 3.63) is 120 Å². The molecule has 3 amide bonds. The molecule has 1 atom stereocenters. The third kappa shape index (κ3) is 5.81. The molecule has 1 aliphatic heterocycles. The number of ether oxygens (including phenoxy) is 1. The van der Waals surface area contributed by atoms with Gasteiger partial charge in [0.25, 0.3) is 17.6 Å². The normalized spacial score (nSPS) is 13.0. The molecule has 0 radical (unpaired) electrons. The van der Waals surface area contributed by atoms with Gasteiger partial charge >= 0.3 is 0 Å². The molecule has 0 saturated carbocycles. The summed E-state index contributed by atoms with van der Waals surface area (Å²) in [5.74, 6) is -2.63. The van der Waals surface area contributed by atoms with E-state index in [0.717, 1.165) is 4.90 Å². The SMILES string of the molecule is COc1ccc(NC(=O)[C@H](c2ccc(F)cc2)N(Cc2cccnc2)C(=O)CN2C(=O)C(=O)c3ccccc32)cc1. The number of hydrogen-bond donors (Lipinski definition) is 1. The molecule has 3 aromatic carbocycles. The molecule has 0 saturated heterocycles. The van der Waals surface area contributed by atoms with Crippen LogP contribution in [0.1, 0.15) is 27.5 Å². The number of halogens is 1. The quantitative estimate of drug-likeness (QED) is 0.312. The van der Waals surface area contributed by atoms with Crippen LogP contribution in [-0.2, 0) is 20.9 Å². The average Bonchev–Trinajstić information content (AvgIpc) is 3.23. The Morgan fingerprint density at radius 2 is 1.71 bits per heavy atom. The summed E-state index contributed by atoms with van der Waals surface area (Å²) in [6.45, 7) is -0.544. The van der Waals surface area contributed by atoms with Crippen LogP contribution in [0.2, 0.25) is 0 Å². The number of hydrogen-bond acceptors (Lipinski definition) is 6. The van der Waals surface area contributed by atoms with E-state index in [1.54, 1.807) is 67.0 Å². The molecular formula is C31H25FN4O5. The topological polar surface area (TPSA) is 109 Å². The van der Waals surface area contributed by atoms with E-state index in [1.165, 1.54) is 42.3 Å². The third-order valence-corrected chi connectivity index (χ3v) is 6.67. The molecule has 1 N–H and O–H groups in total. The molecule has 2 heterocycles. The number of pyridine rings is 1. The van der Waals surface area contributed by atoms with Gasteiger partial charge in [-0.25, -0.2) is 4.39 Å². The molecule has 0 bridgehead atoms. The smallest absolute Gasteiger partial charge is 0.299 e. The van der Waals surface area contributed by atoms with Crippen molar-refractivity contribution < 1.29 is 28.3 Å². The van der Waals surface area contributed by atoms with Gasteiger partial charge in [-0.3, -0.25) is 29.1 Å². The first-order valence-electron chi connectivity index (χ1n) is 12.7. The molecule has 41 heavy (non-hydrogen) atoms. The van der Waals surface area contributed by atoms with E-state index in [0.29, 0.717) is 28.3 Å². The molecule has 0 unspecified atom stereocenters. The molecule has 5 rings (SSSR count). The lowest BCUT2D eigenvalue weighted by molar-refractivity contribution is -0.139. The van der Waals surface area contributed by atoms with Crippen LogP contribution in [0.5, 0.6) is 5.75 Å². The number of para-hydroxylation sites is 1. The number of methoxy groups -OCH3 is 1. The van der Waals surface area contributed by atoms with Crippen LogP contribution in [-0.4, -0.2) is 47.0 Å². The Morgan fingerprint density at radius 1 is 0.976 bits per heavy atom. The minimum Gasteiger partial charge on any atom is -0.497 e. The van der Waals surface area contributed by atoms with Crippen LogP contribution in [0.4, 0.5) is 15.8 Å². The number of benzene rings is 3. The zero-order valence-electron chi connectivity index (χ0n) is 22.0. The molecular weight excluding hydrogens is 527 g/mol. The first-order chi connectivity index (χ1) is 19.9. The van der Waals surface area contributed by atoms with Crippen molar-refractivity contribution in [1.82, 2.24) is 9.88 Å². The standard InChI is InChI=1S/C31H25FN4O5/c1-41-24-14-12-23(13-15-24)34-30(39)28(21-8-10-22(32)11-9-21)36(18-20-5-4-16-33-17-20)27(37)19-35-26-7-3-2-6-25(26)29(38)31(35)40/h2-17,28H,18-19H2,1H3,(H,34,39)/t28-/m0/s1. The maximum atomic E-state index is 14.0. The highest BCUT2D eigenvalue weighted by Crippen LogP contribution is 2.31. The average molecular weight is 553 g/mol. The molecule has 1 aliphatic rings. The van der Waals surface area contributed by atoms with Gasteiger partial charge in [0.1, 0.15) is 24.2 Å². The van der Waals surface area contributed by atoms with Crippen LogP contribution in [0.3, 0.4) is 0 Å². The number of carbonyl (C=O) groups excluding carboxylic acids is 4. The second-order valence-electron chi connectivity index (χ2n) is 9.29. The van der Waals surface area contributed by atoms with Crippen LogP contribution >= 0.6 is 0 Å². The van der Waals surface area contributed by atoms with E-state index >= 15 is 0 Å². The van der Waals surface area contributed by atoms with Crippen LogP contribution in [0, 0.1) is 5.82 Å². The van der Waals surface area contributed by atoms with Gasteiger partial charge in [0.05, 0.1) is 18.4 Å². The van der Waals surface area contributed by atoms with E-state index in [1.807, 2.05) is 0 Å². The molecule has 0 aliphatic carbocycles. The number of Topliss-reactive ketones (excluding diaryl/α,β-unsaturated/α-hetero) is 1. The summed E-state index contributed by atoms with van der Waals surface area (Å²) in [4.78, 5) is 59.8. The number of nitrogens with zero attached hydrogens (tertiary/aromatic N) is 3. The molecule has 10 heteroatoms. The predicted octanol–water partition coefficient (Wildman–Crippen LogP) is 4.17. The highest BCUT2D eigenvalue weighted by molar-refractivity contribution is 6.52. The Morgan fingerprint density at radius 3 is 2.39 bits per heavy atom. The summed E-state index contributed by atoms with van der Waals surface area (Å²) in [6, 6.07) is 20.5. The van der Waals surface area contributed by atoms with Gasteiger partial charge < -0.3 is 15.0 Å². The lowest BCUT2D eigenvalue weighted by Gasteiger charge is -2.32. The van der Waals surface area contributed by atoms with Crippen LogP contribution in [0.15, 0.2) is 97.3 Å². The van der Waals surface area contributed by atoms with E-state index in [2.05, 4.69) is 10.3 Å². The van der Waals surface area contributed by atoms with Crippen molar-refractivity contribution in [2.45, 2.75) is 12.6 Å². The summed E-state index contributed by atoms with van der Waals surface area (Å²) in [5.41, 5.74) is 1.94. The van der Waals surface area contributed by atoms with Crippen molar-refractivity contribution in [2.75, 3.05) is 23.9 Å². The van der Waals surface area contributed by atoms with E-state index in [-0.39, 0.29) is 12.1 Å². The lowest BCUT2D eigenvalue weighted by atomic mass is 10.0. The van der Waals surface area contributed by atoms with Gasteiger partial charge in [-0.05, 0) is 65.7 Å². The van der Waals surface area contributed by atoms with Crippen LogP contribution < -0.4 is 15.0 Å². The Hall–Kier alpha value is -5.38. The summed E-state index contributed by atoms with van der Waals surface area (Å²) >= 11 is 0. The molecule has 1 aromatic heterocycles. The summed E-state index contributed by atoms with van der Waals surface area (Å²) in [7, 11) is 1.52. The highest BCUT2D eigenvalue weighted by atomic mass is 19.1. The van der Waals surface area contributed by atoms with E-state index in [4.69, 9.17) is 4.74 Å². The highest BCUT2D eigenvalue weighted by Gasteiger charge is 2.39. The molecule has 4 aromatic rings. The number of anilines is 2.